The van der Waals surface area contributed by atoms with E-state index < -0.39 is 6.10 Å². The number of aryl methyl sites for hydroxylation is 1. The molecule has 2 aromatic rings. The third-order valence-corrected chi connectivity index (χ3v) is 4.20. The maximum absolute atomic E-state index is 10.5. The van der Waals surface area contributed by atoms with Crippen LogP contribution in [-0.2, 0) is 17.8 Å². The van der Waals surface area contributed by atoms with Gasteiger partial charge < -0.3 is 23.7 Å². The number of furan rings is 1. The second-order valence-electron chi connectivity index (χ2n) is 7.95. The van der Waals surface area contributed by atoms with Gasteiger partial charge in [0.05, 0.1) is 24.9 Å². The smallest absolute Gasteiger partial charge is 0.231 e. The van der Waals surface area contributed by atoms with Crippen LogP contribution >= 0.6 is 0 Å². The maximum Gasteiger partial charge on any atom is 0.231 e. The van der Waals surface area contributed by atoms with Gasteiger partial charge in [-0.15, -0.1) is 0 Å². The van der Waals surface area contributed by atoms with Crippen LogP contribution in [0.4, 0.5) is 0 Å². The quantitative estimate of drug-likeness (QED) is 0.762. The number of rotatable bonds is 8. The molecule has 0 spiro atoms. The third-order valence-electron chi connectivity index (χ3n) is 4.20. The summed E-state index contributed by atoms with van der Waals surface area (Å²) in [6, 6.07) is 9.85. The van der Waals surface area contributed by atoms with Crippen LogP contribution in [0, 0.1) is 6.92 Å². The summed E-state index contributed by atoms with van der Waals surface area (Å²) in [5, 5.41) is 10.5. The molecule has 148 valence electrons. The largest absolute Gasteiger partial charge is 0.465 e. The minimum Gasteiger partial charge on any atom is -0.465 e. The van der Waals surface area contributed by atoms with E-state index in [9.17, 15) is 5.11 Å². The summed E-state index contributed by atoms with van der Waals surface area (Å²) in [5.41, 5.74) is 0.813. The molecule has 0 aliphatic carbocycles. The average molecular weight is 375 g/mol. The molecule has 27 heavy (non-hydrogen) atoms. The van der Waals surface area contributed by atoms with Gasteiger partial charge in [-0.2, -0.15) is 0 Å². The molecule has 0 saturated heterocycles. The molecule has 3 rings (SSSR count). The molecule has 6 heteroatoms. The number of aliphatic hydroxyl groups is 1. The van der Waals surface area contributed by atoms with Gasteiger partial charge in [-0.25, -0.2) is 0 Å². The van der Waals surface area contributed by atoms with Crippen LogP contribution in [-0.4, -0.2) is 41.7 Å². The predicted octanol–water partition coefficient (Wildman–Crippen LogP) is 3.49. The normalized spacial score (nSPS) is 14.7. The third kappa shape index (κ3) is 5.99. The SMILES string of the molecule is Cc1ccc(CN(Cc2ccc3c(c2)OCO3)C[C@H](O)COC(C)(C)C)o1. The van der Waals surface area contributed by atoms with E-state index in [-0.39, 0.29) is 12.4 Å². The summed E-state index contributed by atoms with van der Waals surface area (Å²) in [7, 11) is 0. The molecule has 1 aromatic heterocycles. The minimum atomic E-state index is -0.589. The van der Waals surface area contributed by atoms with Crippen molar-refractivity contribution >= 4 is 0 Å². The van der Waals surface area contributed by atoms with Crippen molar-refractivity contribution in [3.8, 4) is 11.5 Å². The van der Waals surface area contributed by atoms with Crippen molar-refractivity contribution in [3.05, 3.63) is 47.4 Å². The van der Waals surface area contributed by atoms with E-state index >= 15 is 0 Å². The highest BCUT2D eigenvalue weighted by Crippen LogP contribution is 2.33. The van der Waals surface area contributed by atoms with Crippen LogP contribution in [0.2, 0.25) is 0 Å². The Balaban J connectivity index is 1.67. The van der Waals surface area contributed by atoms with Gasteiger partial charge >= 0.3 is 0 Å². The molecule has 1 N–H and O–H groups in total. The van der Waals surface area contributed by atoms with E-state index in [1.807, 2.05) is 58.0 Å². The van der Waals surface area contributed by atoms with E-state index in [1.165, 1.54) is 0 Å². The van der Waals surface area contributed by atoms with Crippen molar-refractivity contribution in [2.24, 2.45) is 0 Å². The fraction of sp³-hybridized carbons (Fsp3) is 0.524. The molecule has 1 atom stereocenters. The molecular weight excluding hydrogens is 346 g/mol. The lowest BCUT2D eigenvalue weighted by molar-refractivity contribution is -0.0576. The molecular formula is C21H29NO5. The molecule has 0 radical (unpaired) electrons. The highest BCUT2D eigenvalue weighted by molar-refractivity contribution is 5.44. The summed E-state index contributed by atoms with van der Waals surface area (Å²) in [4.78, 5) is 2.15. The van der Waals surface area contributed by atoms with Gasteiger partial charge in [0.15, 0.2) is 11.5 Å². The number of hydrogen-bond donors (Lipinski definition) is 1. The van der Waals surface area contributed by atoms with Crippen molar-refractivity contribution in [1.82, 2.24) is 4.90 Å². The van der Waals surface area contributed by atoms with E-state index in [1.54, 1.807) is 0 Å². The average Bonchev–Trinajstić information content (AvgIpc) is 3.20. The number of ether oxygens (including phenoxy) is 3. The first-order valence-corrected chi connectivity index (χ1v) is 9.27. The number of hydrogen-bond acceptors (Lipinski definition) is 6. The van der Waals surface area contributed by atoms with Gasteiger partial charge in [0, 0.05) is 13.1 Å². The molecule has 1 aliphatic heterocycles. The van der Waals surface area contributed by atoms with Crippen LogP contribution in [0.5, 0.6) is 11.5 Å². The topological polar surface area (TPSA) is 64.3 Å². The Bertz CT molecular complexity index is 749. The zero-order valence-electron chi connectivity index (χ0n) is 16.5. The van der Waals surface area contributed by atoms with Crippen LogP contribution in [0.15, 0.2) is 34.7 Å². The Labute approximate surface area is 160 Å². The lowest BCUT2D eigenvalue weighted by Gasteiger charge is -2.27. The Morgan fingerprint density at radius 3 is 2.59 bits per heavy atom. The first-order chi connectivity index (χ1) is 12.8. The van der Waals surface area contributed by atoms with Gasteiger partial charge in [0.2, 0.25) is 6.79 Å². The lowest BCUT2D eigenvalue weighted by Crippen LogP contribution is -2.36. The molecule has 0 amide bonds. The summed E-state index contributed by atoms with van der Waals surface area (Å²) < 4.78 is 22.3. The van der Waals surface area contributed by atoms with E-state index in [4.69, 9.17) is 18.6 Å². The fourth-order valence-electron chi connectivity index (χ4n) is 2.97. The molecule has 2 heterocycles. The van der Waals surface area contributed by atoms with Crippen molar-refractivity contribution < 1.29 is 23.7 Å². The number of benzene rings is 1. The van der Waals surface area contributed by atoms with E-state index in [0.29, 0.717) is 26.2 Å². The summed E-state index contributed by atoms with van der Waals surface area (Å²) in [6.45, 7) is 10.2. The van der Waals surface area contributed by atoms with Crippen LogP contribution in [0.1, 0.15) is 37.9 Å². The van der Waals surface area contributed by atoms with Crippen molar-refractivity contribution in [2.75, 3.05) is 19.9 Å². The molecule has 1 aromatic carbocycles. The van der Waals surface area contributed by atoms with Crippen LogP contribution in [0.3, 0.4) is 0 Å². The Hall–Kier alpha value is -2.02. The highest BCUT2D eigenvalue weighted by Gasteiger charge is 2.19. The van der Waals surface area contributed by atoms with E-state index in [2.05, 4.69) is 4.90 Å². The molecule has 0 bridgehead atoms. The Morgan fingerprint density at radius 2 is 1.89 bits per heavy atom. The zero-order chi connectivity index (χ0) is 19.4. The second-order valence-corrected chi connectivity index (χ2v) is 7.95. The van der Waals surface area contributed by atoms with Crippen molar-refractivity contribution in [3.63, 3.8) is 0 Å². The number of fused-ring (bicyclic) bond motifs is 1. The first kappa shape index (κ1) is 19.7. The number of aliphatic hydroxyl groups excluding tert-OH is 1. The molecule has 6 nitrogen and oxygen atoms in total. The monoisotopic (exact) mass is 375 g/mol. The molecule has 0 fully saturated rings. The first-order valence-electron chi connectivity index (χ1n) is 9.27. The van der Waals surface area contributed by atoms with Crippen molar-refractivity contribution in [1.29, 1.82) is 0 Å². The molecule has 0 unspecified atom stereocenters. The van der Waals surface area contributed by atoms with Crippen LogP contribution in [0.25, 0.3) is 0 Å². The summed E-state index contributed by atoms with van der Waals surface area (Å²) >= 11 is 0. The Morgan fingerprint density at radius 1 is 1.11 bits per heavy atom. The molecule has 0 saturated carbocycles. The van der Waals surface area contributed by atoms with Crippen LogP contribution < -0.4 is 9.47 Å². The maximum atomic E-state index is 10.5. The van der Waals surface area contributed by atoms with Gasteiger partial charge in [-0.1, -0.05) is 6.07 Å². The zero-order valence-corrected chi connectivity index (χ0v) is 16.5. The van der Waals surface area contributed by atoms with Gasteiger partial charge in [0.1, 0.15) is 11.5 Å². The predicted molar refractivity (Wildman–Crippen MR) is 102 cm³/mol. The Kier molecular flexibility index (Phi) is 6.09. The van der Waals surface area contributed by atoms with Gasteiger partial charge in [0.25, 0.3) is 0 Å². The van der Waals surface area contributed by atoms with Gasteiger partial charge in [-0.05, 0) is 57.5 Å². The van der Waals surface area contributed by atoms with Gasteiger partial charge in [-0.3, -0.25) is 4.90 Å². The minimum absolute atomic E-state index is 0.261. The fourth-order valence-corrected chi connectivity index (χ4v) is 2.97. The summed E-state index contributed by atoms with van der Waals surface area (Å²) in [6.07, 6.45) is -0.589. The lowest BCUT2D eigenvalue weighted by atomic mass is 10.1. The standard InChI is InChI=1S/C21H29NO5/c1-15-5-7-18(27-15)12-22(11-17(23)13-26-21(2,3)4)10-16-6-8-19-20(9-16)25-14-24-19/h5-9,17,23H,10-14H2,1-4H3/t17-/m0/s1. The molecule has 1 aliphatic rings. The number of nitrogens with zero attached hydrogens (tertiary/aromatic N) is 1. The van der Waals surface area contributed by atoms with E-state index in [0.717, 1.165) is 28.6 Å². The second kappa shape index (κ2) is 8.33. The van der Waals surface area contributed by atoms with Crippen molar-refractivity contribution in [2.45, 2.75) is 52.5 Å². The summed E-state index contributed by atoms with van der Waals surface area (Å²) in [5.74, 6) is 3.28. The highest BCUT2D eigenvalue weighted by atomic mass is 16.7.